The number of hydrogen-bond donors (Lipinski definition) is 2. The second kappa shape index (κ2) is 6.24. The Hall–Kier alpha value is -1.59. The second-order valence-electron chi connectivity index (χ2n) is 4.67. The van der Waals surface area contributed by atoms with Crippen LogP contribution >= 0.6 is 15.9 Å². The highest BCUT2D eigenvalue weighted by Crippen LogP contribution is 2.23. The molecule has 2 rings (SSSR count). The summed E-state index contributed by atoms with van der Waals surface area (Å²) in [4.78, 5) is 10.8. The lowest BCUT2D eigenvalue weighted by atomic mass is 10.1. The number of benzene rings is 1. The van der Waals surface area contributed by atoms with E-state index in [1.165, 1.54) is 6.07 Å². The number of halogens is 1. The molecule has 1 heterocycles. The van der Waals surface area contributed by atoms with Crippen LogP contribution in [0.15, 0.2) is 45.3 Å². The van der Waals surface area contributed by atoms with Crippen molar-refractivity contribution in [1.82, 2.24) is 5.32 Å². The first-order valence-electron chi connectivity index (χ1n) is 6.32. The summed E-state index contributed by atoms with van der Waals surface area (Å²) in [6, 6.07) is 11.3. The summed E-state index contributed by atoms with van der Waals surface area (Å²) in [6.45, 7) is 4.00. The molecule has 0 saturated heterocycles. The quantitative estimate of drug-likeness (QED) is 0.860. The molecule has 0 radical (unpaired) electrons. The third-order valence-corrected chi connectivity index (χ3v) is 3.61. The van der Waals surface area contributed by atoms with Crippen LogP contribution in [0, 0.1) is 0 Å². The minimum Gasteiger partial charge on any atom is -0.475 e. The van der Waals surface area contributed by atoms with Crippen molar-refractivity contribution in [3.05, 3.63) is 58.0 Å². The topological polar surface area (TPSA) is 62.5 Å². The maximum Gasteiger partial charge on any atom is 0.371 e. The Morgan fingerprint density at radius 1 is 1.25 bits per heavy atom. The van der Waals surface area contributed by atoms with Gasteiger partial charge in [0.25, 0.3) is 0 Å². The molecule has 1 unspecified atom stereocenters. The minimum absolute atomic E-state index is 0.0382. The van der Waals surface area contributed by atoms with Gasteiger partial charge in [-0.3, -0.25) is 0 Å². The van der Waals surface area contributed by atoms with E-state index in [1.807, 2.05) is 25.1 Å². The first-order chi connectivity index (χ1) is 9.47. The van der Waals surface area contributed by atoms with Gasteiger partial charge in [0.1, 0.15) is 5.76 Å². The van der Waals surface area contributed by atoms with Gasteiger partial charge in [-0.15, -0.1) is 0 Å². The fourth-order valence-electron chi connectivity index (χ4n) is 2.03. The number of carbonyl (C=O) groups is 1. The van der Waals surface area contributed by atoms with Crippen LogP contribution in [0.5, 0.6) is 0 Å². The Labute approximate surface area is 125 Å². The van der Waals surface area contributed by atoms with Crippen LogP contribution in [0.25, 0.3) is 0 Å². The molecule has 2 aromatic rings. The molecular weight excluding hydrogens is 322 g/mol. The molecule has 1 aromatic carbocycles. The van der Waals surface area contributed by atoms with Crippen molar-refractivity contribution < 1.29 is 14.3 Å². The number of nitrogens with one attached hydrogen (secondary N) is 1. The number of aromatic carboxylic acids is 1. The number of rotatable bonds is 5. The molecular formula is C15H16BrNO3. The van der Waals surface area contributed by atoms with Gasteiger partial charge in [0.05, 0.1) is 6.04 Å². The molecule has 0 amide bonds. The molecule has 2 atom stereocenters. The van der Waals surface area contributed by atoms with E-state index in [4.69, 9.17) is 9.52 Å². The van der Waals surface area contributed by atoms with E-state index in [9.17, 15) is 4.79 Å². The third-order valence-electron chi connectivity index (χ3n) is 3.11. The molecule has 4 nitrogen and oxygen atoms in total. The number of hydrogen-bond acceptors (Lipinski definition) is 3. The van der Waals surface area contributed by atoms with Gasteiger partial charge in [-0.25, -0.2) is 4.79 Å². The molecule has 20 heavy (non-hydrogen) atoms. The Bertz CT molecular complexity index is 609. The van der Waals surface area contributed by atoms with Crippen molar-refractivity contribution in [2.24, 2.45) is 0 Å². The van der Waals surface area contributed by atoms with Crippen molar-refractivity contribution >= 4 is 21.9 Å². The van der Waals surface area contributed by atoms with E-state index in [2.05, 4.69) is 34.2 Å². The summed E-state index contributed by atoms with van der Waals surface area (Å²) in [5, 5.41) is 12.2. The maximum absolute atomic E-state index is 10.8. The zero-order chi connectivity index (χ0) is 14.7. The summed E-state index contributed by atoms with van der Waals surface area (Å²) in [6.07, 6.45) is 0. The summed E-state index contributed by atoms with van der Waals surface area (Å²) in [7, 11) is 0. The first kappa shape index (κ1) is 14.8. The highest BCUT2D eigenvalue weighted by molar-refractivity contribution is 9.10. The van der Waals surface area contributed by atoms with Crippen molar-refractivity contribution in [1.29, 1.82) is 0 Å². The van der Waals surface area contributed by atoms with Crippen LogP contribution in [0.3, 0.4) is 0 Å². The average Bonchev–Trinajstić information content (AvgIpc) is 2.88. The van der Waals surface area contributed by atoms with E-state index in [1.54, 1.807) is 6.07 Å². The normalized spacial score (nSPS) is 13.9. The van der Waals surface area contributed by atoms with Crippen molar-refractivity contribution in [2.75, 3.05) is 0 Å². The predicted molar refractivity (Wildman–Crippen MR) is 79.8 cm³/mol. The molecule has 0 saturated carbocycles. The Morgan fingerprint density at radius 3 is 2.60 bits per heavy atom. The molecule has 0 bridgehead atoms. The summed E-state index contributed by atoms with van der Waals surface area (Å²) in [5.74, 6) is -0.475. The predicted octanol–water partition coefficient (Wildman–Crippen LogP) is 4.15. The minimum atomic E-state index is -1.05. The molecule has 106 valence electrons. The lowest BCUT2D eigenvalue weighted by molar-refractivity contribution is 0.0659. The van der Waals surface area contributed by atoms with Gasteiger partial charge < -0.3 is 14.8 Å². The van der Waals surface area contributed by atoms with Gasteiger partial charge in [-0.1, -0.05) is 28.1 Å². The van der Waals surface area contributed by atoms with Crippen molar-refractivity contribution in [3.8, 4) is 0 Å². The van der Waals surface area contributed by atoms with E-state index in [0.29, 0.717) is 5.76 Å². The molecule has 0 spiro atoms. The maximum atomic E-state index is 10.8. The molecule has 5 heteroatoms. The first-order valence-corrected chi connectivity index (χ1v) is 7.11. The van der Waals surface area contributed by atoms with Crippen molar-refractivity contribution in [3.63, 3.8) is 0 Å². The number of carboxylic acid groups (broad SMARTS) is 1. The highest BCUT2D eigenvalue weighted by atomic mass is 79.9. The van der Waals surface area contributed by atoms with E-state index in [0.717, 1.165) is 10.0 Å². The average molecular weight is 338 g/mol. The monoisotopic (exact) mass is 337 g/mol. The zero-order valence-electron chi connectivity index (χ0n) is 11.3. The van der Waals surface area contributed by atoms with E-state index < -0.39 is 5.97 Å². The van der Waals surface area contributed by atoms with E-state index >= 15 is 0 Å². The highest BCUT2D eigenvalue weighted by Gasteiger charge is 2.16. The SMILES string of the molecule is CC(N[C@H](C)c1cccc(Br)c1)c1ccc(C(=O)O)o1. The summed E-state index contributed by atoms with van der Waals surface area (Å²) in [5.41, 5.74) is 1.15. The van der Waals surface area contributed by atoms with Crippen LogP contribution in [0.1, 0.15) is 47.8 Å². The zero-order valence-corrected chi connectivity index (χ0v) is 12.8. The smallest absolute Gasteiger partial charge is 0.371 e. The largest absolute Gasteiger partial charge is 0.475 e. The Balaban J connectivity index is 2.06. The van der Waals surface area contributed by atoms with Gasteiger partial charge >= 0.3 is 5.97 Å². The molecule has 0 aliphatic carbocycles. The molecule has 0 aliphatic heterocycles. The van der Waals surface area contributed by atoms with Gasteiger partial charge in [-0.2, -0.15) is 0 Å². The van der Waals surface area contributed by atoms with Crippen LogP contribution in [-0.4, -0.2) is 11.1 Å². The van der Waals surface area contributed by atoms with Crippen molar-refractivity contribution in [2.45, 2.75) is 25.9 Å². The van der Waals surface area contributed by atoms with E-state index in [-0.39, 0.29) is 17.8 Å². The van der Waals surface area contributed by atoms with Crippen LogP contribution in [0.4, 0.5) is 0 Å². The second-order valence-corrected chi connectivity index (χ2v) is 5.59. The Morgan fingerprint density at radius 2 is 2.00 bits per heavy atom. The van der Waals surface area contributed by atoms with Crippen LogP contribution in [-0.2, 0) is 0 Å². The van der Waals surface area contributed by atoms with Gasteiger partial charge in [-0.05, 0) is 43.7 Å². The number of furan rings is 1. The van der Waals surface area contributed by atoms with Gasteiger partial charge in [0, 0.05) is 10.5 Å². The molecule has 0 aliphatic rings. The molecule has 0 fully saturated rings. The Kier molecular flexibility index (Phi) is 4.62. The summed E-state index contributed by atoms with van der Waals surface area (Å²) >= 11 is 3.45. The van der Waals surface area contributed by atoms with Crippen LogP contribution in [0.2, 0.25) is 0 Å². The lowest BCUT2D eigenvalue weighted by Gasteiger charge is -2.19. The number of carboxylic acids is 1. The third kappa shape index (κ3) is 3.49. The standard InChI is InChI=1S/C15H16BrNO3/c1-9(11-4-3-5-12(16)8-11)17-10(2)13-6-7-14(20-13)15(18)19/h3-10,17H,1-2H3,(H,18,19)/t9-,10?/m1/s1. The van der Waals surface area contributed by atoms with Crippen LogP contribution < -0.4 is 5.32 Å². The molecule has 2 N–H and O–H groups in total. The van der Waals surface area contributed by atoms with Gasteiger partial charge in [0.15, 0.2) is 0 Å². The lowest BCUT2D eigenvalue weighted by Crippen LogP contribution is -2.22. The molecule has 1 aromatic heterocycles. The fraction of sp³-hybridized carbons (Fsp3) is 0.267. The summed E-state index contributed by atoms with van der Waals surface area (Å²) < 4.78 is 6.33. The van der Waals surface area contributed by atoms with Gasteiger partial charge in [0.2, 0.25) is 5.76 Å². The fourth-order valence-corrected chi connectivity index (χ4v) is 2.45.